The zero-order chi connectivity index (χ0) is 15.1. The monoisotopic (exact) mass is 276 g/mol. The van der Waals surface area contributed by atoms with Crippen LogP contribution in [0.5, 0.6) is 0 Å². The predicted molar refractivity (Wildman–Crippen MR) is 84.6 cm³/mol. The van der Waals surface area contributed by atoms with Gasteiger partial charge in [0.25, 0.3) is 0 Å². The van der Waals surface area contributed by atoms with Crippen molar-refractivity contribution >= 4 is 5.97 Å². The largest absolute Gasteiger partial charge is 0.481 e. The summed E-state index contributed by atoms with van der Waals surface area (Å²) in [6.45, 7) is 8.46. The molecule has 0 amide bonds. The third kappa shape index (κ3) is 5.36. The predicted octanol–water partition coefficient (Wildman–Crippen LogP) is 5.13. The summed E-state index contributed by atoms with van der Waals surface area (Å²) in [6, 6.07) is 0. The third-order valence-electron chi connectivity index (χ3n) is 4.14. The molecule has 1 N–H and O–H groups in total. The van der Waals surface area contributed by atoms with E-state index in [-0.39, 0.29) is 11.8 Å². The molecule has 0 aliphatic heterocycles. The van der Waals surface area contributed by atoms with Crippen LogP contribution in [0.4, 0.5) is 0 Å². The summed E-state index contributed by atoms with van der Waals surface area (Å²) in [5.74, 6) is -0.667. The molecular weight excluding hydrogens is 248 g/mol. The molecular formula is C18H28O2. The first-order chi connectivity index (χ1) is 9.41. The van der Waals surface area contributed by atoms with Gasteiger partial charge in [0, 0.05) is 0 Å². The fourth-order valence-corrected chi connectivity index (χ4v) is 2.82. The molecule has 112 valence electrons. The van der Waals surface area contributed by atoms with Crippen molar-refractivity contribution in [3.05, 3.63) is 34.9 Å². The Labute approximate surface area is 123 Å². The van der Waals surface area contributed by atoms with Crippen molar-refractivity contribution in [3.8, 4) is 0 Å². The van der Waals surface area contributed by atoms with E-state index < -0.39 is 5.97 Å². The van der Waals surface area contributed by atoms with Crippen LogP contribution in [-0.4, -0.2) is 11.1 Å². The lowest BCUT2D eigenvalue weighted by Crippen LogP contribution is -2.26. The maximum atomic E-state index is 11.3. The first-order valence-electron chi connectivity index (χ1n) is 7.60. The molecule has 0 fully saturated rings. The average molecular weight is 276 g/mol. The van der Waals surface area contributed by atoms with Crippen LogP contribution in [-0.2, 0) is 4.79 Å². The summed E-state index contributed by atoms with van der Waals surface area (Å²) in [6.07, 6.45) is 11.4. The van der Waals surface area contributed by atoms with Crippen molar-refractivity contribution in [3.63, 3.8) is 0 Å². The topological polar surface area (TPSA) is 37.3 Å². The molecule has 2 nitrogen and oxygen atoms in total. The highest BCUT2D eigenvalue weighted by Gasteiger charge is 2.30. The van der Waals surface area contributed by atoms with Crippen molar-refractivity contribution < 1.29 is 9.90 Å². The Bertz CT molecular complexity index is 423. The minimum Gasteiger partial charge on any atom is -0.481 e. The molecule has 0 saturated carbocycles. The van der Waals surface area contributed by atoms with Crippen LogP contribution >= 0.6 is 0 Å². The fraction of sp³-hybridized carbons (Fsp3) is 0.611. The minimum atomic E-state index is -0.641. The van der Waals surface area contributed by atoms with Crippen LogP contribution < -0.4 is 0 Å². The van der Waals surface area contributed by atoms with Gasteiger partial charge in [-0.05, 0) is 65.7 Å². The molecule has 1 aliphatic carbocycles. The lowest BCUT2D eigenvalue weighted by Gasteiger charge is -2.27. The van der Waals surface area contributed by atoms with E-state index in [0.717, 1.165) is 32.1 Å². The van der Waals surface area contributed by atoms with Gasteiger partial charge in [-0.25, -0.2) is 0 Å². The van der Waals surface area contributed by atoms with Gasteiger partial charge >= 0.3 is 5.97 Å². The average Bonchev–Trinajstić information content (AvgIpc) is 2.36. The van der Waals surface area contributed by atoms with Gasteiger partial charge in [-0.3, -0.25) is 4.79 Å². The van der Waals surface area contributed by atoms with Gasteiger partial charge in [0.15, 0.2) is 0 Å². The van der Waals surface area contributed by atoms with Gasteiger partial charge < -0.3 is 5.11 Å². The van der Waals surface area contributed by atoms with Gasteiger partial charge in [-0.1, -0.05) is 34.9 Å². The lowest BCUT2D eigenvalue weighted by atomic mass is 9.77. The van der Waals surface area contributed by atoms with Gasteiger partial charge in [0.2, 0.25) is 0 Å². The maximum absolute atomic E-state index is 11.3. The SMILES string of the molecule is CC(C)=CCC/C(C)=C/CC1C(C)=CCCC1C(=O)O. The van der Waals surface area contributed by atoms with Crippen molar-refractivity contribution in [1.29, 1.82) is 0 Å². The molecule has 2 heteroatoms. The van der Waals surface area contributed by atoms with E-state index in [0.29, 0.717) is 0 Å². The highest BCUT2D eigenvalue weighted by Crippen LogP contribution is 2.33. The molecule has 0 aromatic rings. The van der Waals surface area contributed by atoms with Gasteiger partial charge in [0.1, 0.15) is 0 Å². The van der Waals surface area contributed by atoms with Gasteiger partial charge in [0.05, 0.1) is 5.92 Å². The summed E-state index contributed by atoms with van der Waals surface area (Å²) in [5, 5.41) is 9.34. The van der Waals surface area contributed by atoms with Gasteiger partial charge in [-0.15, -0.1) is 0 Å². The van der Waals surface area contributed by atoms with E-state index in [1.54, 1.807) is 0 Å². The van der Waals surface area contributed by atoms with Crippen molar-refractivity contribution in [2.24, 2.45) is 11.8 Å². The second-order valence-electron chi connectivity index (χ2n) is 6.18. The van der Waals surface area contributed by atoms with E-state index in [4.69, 9.17) is 0 Å². The number of rotatable bonds is 6. The second kappa shape index (κ2) is 8.08. The van der Waals surface area contributed by atoms with Gasteiger partial charge in [-0.2, -0.15) is 0 Å². The smallest absolute Gasteiger partial charge is 0.307 e. The summed E-state index contributed by atoms with van der Waals surface area (Å²) >= 11 is 0. The molecule has 1 rings (SSSR count). The standard InChI is InChI=1S/C18H28O2/c1-13(2)7-5-8-14(3)11-12-16-15(4)9-6-10-17(16)18(19)20/h7,9,11,16-17H,5-6,8,10,12H2,1-4H3,(H,19,20)/b14-11+. The molecule has 2 atom stereocenters. The number of carboxylic acids is 1. The van der Waals surface area contributed by atoms with Crippen LogP contribution in [0.1, 0.15) is 59.8 Å². The molecule has 0 spiro atoms. The molecule has 1 aliphatic rings. The number of allylic oxidation sites excluding steroid dienone is 6. The minimum absolute atomic E-state index is 0.180. The molecule has 20 heavy (non-hydrogen) atoms. The quantitative estimate of drug-likeness (QED) is 0.683. The molecule has 2 unspecified atom stereocenters. The maximum Gasteiger partial charge on any atom is 0.307 e. The van der Waals surface area contributed by atoms with Crippen LogP contribution in [0.25, 0.3) is 0 Å². The van der Waals surface area contributed by atoms with Crippen LogP contribution in [0.3, 0.4) is 0 Å². The lowest BCUT2D eigenvalue weighted by molar-refractivity contribution is -0.143. The number of carboxylic acid groups (broad SMARTS) is 1. The molecule has 0 radical (unpaired) electrons. The van der Waals surface area contributed by atoms with E-state index in [9.17, 15) is 9.90 Å². The summed E-state index contributed by atoms with van der Waals surface area (Å²) in [7, 11) is 0. The number of hydrogen-bond donors (Lipinski definition) is 1. The van der Waals surface area contributed by atoms with Crippen molar-refractivity contribution in [2.75, 3.05) is 0 Å². The molecule has 0 aromatic heterocycles. The van der Waals surface area contributed by atoms with E-state index in [1.807, 2.05) is 0 Å². The number of hydrogen-bond acceptors (Lipinski definition) is 1. The normalized spacial score (nSPS) is 23.2. The Morgan fingerprint density at radius 2 is 2.05 bits per heavy atom. The Hall–Kier alpha value is -1.31. The third-order valence-corrected chi connectivity index (χ3v) is 4.14. The van der Waals surface area contributed by atoms with Crippen LogP contribution in [0.15, 0.2) is 34.9 Å². The molecule has 0 heterocycles. The first-order valence-corrected chi connectivity index (χ1v) is 7.60. The number of carbonyl (C=O) groups is 1. The number of aliphatic carboxylic acids is 1. The van der Waals surface area contributed by atoms with E-state index in [2.05, 4.69) is 45.9 Å². The Morgan fingerprint density at radius 1 is 1.35 bits per heavy atom. The summed E-state index contributed by atoms with van der Waals surface area (Å²) in [5.41, 5.74) is 3.97. The fourth-order valence-electron chi connectivity index (χ4n) is 2.82. The highest BCUT2D eigenvalue weighted by molar-refractivity contribution is 5.71. The molecule has 0 aromatic carbocycles. The highest BCUT2D eigenvalue weighted by atomic mass is 16.4. The zero-order valence-corrected chi connectivity index (χ0v) is 13.3. The summed E-state index contributed by atoms with van der Waals surface area (Å²) in [4.78, 5) is 11.3. The Morgan fingerprint density at radius 3 is 2.65 bits per heavy atom. The van der Waals surface area contributed by atoms with Crippen LogP contribution in [0.2, 0.25) is 0 Å². The second-order valence-corrected chi connectivity index (χ2v) is 6.18. The first kappa shape index (κ1) is 16.7. The van der Waals surface area contributed by atoms with Crippen LogP contribution in [0, 0.1) is 11.8 Å². The molecule has 0 saturated heterocycles. The zero-order valence-electron chi connectivity index (χ0n) is 13.3. The van der Waals surface area contributed by atoms with E-state index in [1.165, 1.54) is 16.7 Å². The Kier molecular flexibility index (Phi) is 6.77. The molecule has 0 bridgehead atoms. The van der Waals surface area contributed by atoms with Crippen molar-refractivity contribution in [1.82, 2.24) is 0 Å². The van der Waals surface area contributed by atoms with E-state index >= 15 is 0 Å². The summed E-state index contributed by atoms with van der Waals surface area (Å²) < 4.78 is 0. The van der Waals surface area contributed by atoms with Crippen molar-refractivity contribution in [2.45, 2.75) is 59.8 Å². The Balaban J connectivity index is 2.60.